The van der Waals surface area contributed by atoms with Gasteiger partial charge in [-0.2, -0.15) is 5.10 Å². The predicted molar refractivity (Wildman–Crippen MR) is 120 cm³/mol. The second-order valence-electron chi connectivity index (χ2n) is 9.33. The van der Waals surface area contributed by atoms with E-state index in [1.807, 2.05) is 10.9 Å². The van der Waals surface area contributed by atoms with Crippen molar-refractivity contribution in [2.45, 2.75) is 58.5 Å². The summed E-state index contributed by atoms with van der Waals surface area (Å²) in [6, 6.07) is 1.42. The van der Waals surface area contributed by atoms with Gasteiger partial charge in [-0.3, -0.25) is 14.8 Å². The normalized spacial score (nSPS) is 21.9. The lowest BCUT2D eigenvalue weighted by atomic mass is 9.85. The van der Waals surface area contributed by atoms with E-state index < -0.39 is 0 Å². The van der Waals surface area contributed by atoms with Gasteiger partial charge in [-0.05, 0) is 37.2 Å². The first-order valence-corrected chi connectivity index (χ1v) is 11.1. The summed E-state index contributed by atoms with van der Waals surface area (Å²) in [6.45, 7) is 5.31. The second-order valence-corrected chi connectivity index (χ2v) is 9.73. The molecule has 2 atom stereocenters. The molecule has 0 bridgehead atoms. The van der Waals surface area contributed by atoms with Crippen LogP contribution in [0.5, 0.6) is 0 Å². The summed E-state index contributed by atoms with van der Waals surface area (Å²) in [5.41, 5.74) is 3.09. The molecule has 0 unspecified atom stereocenters. The highest BCUT2D eigenvalue weighted by molar-refractivity contribution is 6.33. The largest absolute Gasteiger partial charge is 0.359 e. The number of fused-ring (bicyclic) bond motifs is 1. The maximum atomic E-state index is 12.6. The number of hydrogen-bond acceptors (Lipinski definition) is 4. The molecule has 0 radical (unpaired) electrons. The number of rotatable bonds is 4. The number of anilines is 1. The molecule has 2 aromatic rings. The molecule has 3 heterocycles. The van der Waals surface area contributed by atoms with Crippen molar-refractivity contribution in [2.24, 2.45) is 11.3 Å². The number of nitrogens with one attached hydrogen (secondary N) is 3. The fraction of sp³-hybridized carbons (Fsp3) is 0.545. The molecule has 31 heavy (non-hydrogen) atoms. The van der Waals surface area contributed by atoms with Crippen LogP contribution >= 0.6 is 11.6 Å². The summed E-state index contributed by atoms with van der Waals surface area (Å²) in [7, 11) is 1.65. The number of halogens is 1. The van der Waals surface area contributed by atoms with Gasteiger partial charge in [-0.15, -0.1) is 0 Å². The Balaban J connectivity index is 1.45. The first-order valence-electron chi connectivity index (χ1n) is 10.8. The van der Waals surface area contributed by atoms with Gasteiger partial charge in [0.05, 0.1) is 11.2 Å². The molecule has 1 aliphatic heterocycles. The number of aromatic nitrogens is 3. The van der Waals surface area contributed by atoms with E-state index in [9.17, 15) is 9.59 Å². The Labute approximate surface area is 187 Å². The zero-order valence-corrected chi connectivity index (χ0v) is 18.9. The number of hydrogen-bond donors (Lipinski definition) is 3. The van der Waals surface area contributed by atoms with Gasteiger partial charge < -0.3 is 10.6 Å². The fourth-order valence-electron chi connectivity index (χ4n) is 4.69. The van der Waals surface area contributed by atoms with Crippen molar-refractivity contribution in [3.63, 3.8) is 0 Å². The molecule has 1 saturated carbocycles. The van der Waals surface area contributed by atoms with Crippen LogP contribution in [0.15, 0.2) is 18.5 Å². The summed E-state index contributed by atoms with van der Waals surface area (Å²) in [4.78, 5) is 28.8. The lowest BCUT2D eigenvalue weighted by Crippen LogP contribution is -2.43. The summed E-state index contributed by atoms with van der Waals surface area (Å²) in [6.07, 6.45) is 7.57. The number of urea groups is 1. The second kappa shape index (κ2) is 8.49. The summed E-state index contributed by atoms with van der Waals surface area (Å²) < 4.78 is 2.03. The molecule has 8 nitrogen and oxygen atoms in total. The van der Waals surface area contributed by atoms with Crippen LogP contribution in [-0.2, 0) is 17.8 Å². The van der Waals surface area contributed by atoms with Crippen molar-refractivity contribution in [3.05, 3.63) is 29.2 Å². The predicted octanol–water partition coefficient (Wildman–Crippen LogP) is 3.61. The zero-order chi connectivity index (χ0) is 22.2. The summed E-state index contributed by atoms with van der Waals surface area (Å²) >= 11 is 6.45. The molecule has 1 fully saturated rings. The van der Waals surface area contributed by atoms with Gasteiger partial charge in [0.1, 0.15) is 5.82 Å². The Morgan fingerprint density at radius 2 is 2.03 bits per heavy atom. The minimum atomic E-state index is -0.329. The highest BCUT2D eigenvalue weighted by Gasteiger charge is 2.32. The van der Waals surface area contributed by atoms with Crippen molar-refractivity contribution in [3.8, 4) is 11.1 Å². The zero-order valence-electron chi connectivity index (χ0n) is 18.2. The van der Waals surface area contributed by atoms with Crippen LogP contribution in [0.3, 0.4) is 0 Å². The monoisotopic (exact) mass is 444 g/mol. The lowest BCUT2D eigenvalue weighted by Gasteiger charge is -2.28. The Hall–Kier alpha value is -2.61. The number of carbonyl (C=O) groups excluding carboxylic acids is 2. The Bertz CT molecular complexity index is 1000. The van der Waals surface area contributed by atoms with Crippen LogP contribution in [0.4, 0.5) is 10.6 Å². The molecule has 2 aliphatic rings. The van der Waals surface area contributed by atoms with Gasteiger partial charge in [0.25, 0.3) is 0 Å². The van der Waals surface area contributed by atoms with E-state index in [4.69, 9.17) is 11.6 Å². The highest BCUT2D eigenvalue weighted by Crippen LogP contribution is 2.39. The third kappa shape index (κ3) is 4.69. The number of carbonyl (C=O) groups is 2. The summed E-state index contributed by atoms with van der Waals surface area (Å²) in [5, 5.41) is 13.5. The molecule has 0 aromatic carbocycles. The van der Waals surface area contributed by atoms with E-state index >= 15 is 0 Å². The van der Waals surface area contributed by atoms with Gasteiger partial charge in [-0.25, -0.2) is 9.78 Å². The number of pyridine rings is 1. The number of amides is 3. The fourth-order valence-corrected chi connectivity index (χ4v) is 4.89. The van der Waals surface area contributed by atoms with E-state index in [0.29, 0.717) is 17.3 Å². The molecular formula is C22H29ClN6O2. The van der Waals surface area contributed by atoms with Gasteiger partial charge in [-0.1, -0.05) is 31.9 Å². The van der Waals surface area contributed by atoms with Crippen molar-refractivity contribution in [1.29, 1.82) is 0 Å². The van der Waals surface area contributed by atoms with Crippen LogP contribution in [0.25, 0.3) is 11.1 Å². The van der Waals surface area contributed by atoms with Crippen LogP contribution < -0.4 is 16.0 Å². The molecule has 1 aliphatic carbocycles. The van der Waals surface area contributed by atoms with Gasteiger partial charge in [0.15, 0.2) is 0 Å². The van der Waals surface area contributed by atoms with Crippen molar-refractivity contribution < 1.29 is 9.59 Å². The Kier molecular flexibility index (Phi) is 5.92. The molecule has 2 aromatic heterocycles. The molecule has 0 saturated heterocycles. The third-order valence-corrected chi connectivity index (χ3v) is 6.49. The molecule has 166 valence electrons. The maximum Gasteiger partial charge on any atom is 0.320 e. The van der Waals surface area contributed by atoms with E-state index in [0.717, 1.165) is 49.0 Å². The Morgan fingerprint density at radius 3 is 2.81 bits per heavy atom. The first-order chi connectivity index (χ1) is 14.8. The topological polar surface area (TPSA) is 101 Å². The van der Waals surface area contributed by atoms with E-state index in [2.05, 4.69) is 39.9 Å². The minimum Gasteiger partial charge on any atom is -0.359 e. The quantitative estimate of drug-likeness (QED) is 0.670. The standard InChI is InChI=1S/C22H29ClN6O2/c1-22(2)9-18-16(10-26-29(18)12-22)15-8-19(25-11-17(15)23)28-21(31)27-14-6-4-5-13(7-14)20(30)24-3/h8,10-11,13-14H,4-7,9,12H2,1-3H3,(H,24,30)(H2,25,27,28,31)/t13-,14+/m0/s1. The molecule has 9 heteroatoms. The van der Waals surface area contributed by atoms with Gasteiger partial charge in [0, 0.05) is 48.6 Å². The molecular weight excluding hydrogens is 416 g/mol. The van der Waals surface area contributed by atoms with E-state index in [1.165, 1.54) is 0 Å². The van der Waals surface area contributed by atoms with Crippen molar-refractivity contribution >= 4 is 29.4 Å². The van der Waals surface area contributed by atoms with Crippen LogP contribution in [0.2, 0.25) is 5.02 Å². The average Bonchev–Trinajstić information content (AvgIpc) is 3.24. The third-order valence-electron chi connectivity index (χ3n) is 6.19. The average molecular weight is 445 g/mol. The molecule has 3 N–H and O–H groups in total. The SMILES string of the molecule is CNC(=O)[C@H]1CCC[C@@H](NC(=O)Nc2cc(-c3cnn4c3CC(C)(C)C4)c(Cl)cn2)C1. The van der Waals surface area contributed by atoms with Crippen LogP contribution in [0.1, 0.15) is 45.2 Å². The molecule has 0 spiro atoms. The number of nitrogens with zero attached hydrogens (tertiary/aromatic N) is 3. The van der Waals surface area contributed by atoms with E-state index in [1.54, 1.807) is 19.3 Å². The van der Waals surface area contributed by atoms with Gasteiger partial charge >= 0.3 is 6.03 Å². The Morgan fingerprint density at radius 1 is 1.23 bits per heavy atom. The summed E-state index contributed by atoms with van der Waals surface area (Å²) in [5.74, 6) is 0.401. The van der Waals surface area contributed by atoms with E-state index in [-0.39, 0.29) is 29.3 Å². The van der Waals surface area contributed by atoms with Crippen LogP contribution in [-0.4, -0.2) is 39.8 Å². The maximum absolute atomic E-state index is 12.6. The molecule has 4 rings (SSSR count). The lowest BCUT2D eigenvalue weighted by molar-refractivity contribution is -0.125. The first kappa shape index (κ1) is 21.6. The van der Waals surface area contributed by atoms with Crippen LogP contribution in [0, 0.1) is 11.3 Å². The highest BCUT2D eigenvalue weighted by atomic mass is 35.5. The molecule has 3 amide bonds. The van der Waals surface area contributed by atoms with Crippen molar-refractivity contribution in [2.75, 3.05) is 12.4 Å². The minimum absolute atomic E-state index is 0.0350. The smallest absolute Gasteiger partial charge is 0.320 e. The van der Waals surface area contributed by atoms with Crippen molar-refractivity contribution in [1.82, 2.24) is 25.4 Å². The van der Waals surface area contributed by atoms with Gasteiger partial charge in [0.2, 0.25) is 5.91 Å².